The summed E-state index contributed by atoms with van der Waals surface area (Å²) in [5.41, 5.74) is 0.771. The van der Waals surface area contributed by atoms with E-state index in [1.807, 2.05) is 36.5 Å². The van der Waals surface area contributed by atoms with Crippen molar-refractivity contribution in [1.29, 1.82) is 0 Å². The fraction of sp³-hybridized carbons (Fsp3) is 0.640. The standard InChI is InChI=1S/C25H41NO/c1-3-5-7-9-11-16-21-26(22-17-12-10-8-6-4-2)23-20-25(27)24-18-14-13-15-19-24/h13-15,18-20,23H,3-12,16-17,21-22H2,1-2H3/b23-20-. The van der Waals surface area contributed by atoms with Crippen LogP contribution in [0.15, 0.2) is 42.6 Å². The maximum absolute atomic E-state index is 12.3. The molecule has 0 aliphatic heterocycles. The smallest absolute Gasteiger partial charge is 0.187 e. The zero-order chi connectivity index (χ0) is 19.6. The number of hydrogen-bond acceptors (Lipinski definition) is 2. The Morgan fingerprint density at radius 1 is 0.741 bits per heavy atom. The fourth-order valence-electron chi connectivity index (χ4n) is 3.32. The quantitative estimate of drug-likeness (QED) is 0.161. The molecule has 0 spiro atoms. The molecule has 2 nitrogen and oxygen atoms in total. The Balaban J connectivity index is 2.40. The van der Waals surface area contributed by atoms with Crippen LogP contribution in [0, 0.1) is 0 Å². The van der Waals surface area contributed by atoms with Crippen molar-refractivity contribution in [3.8, 4) is 0 Å². The molecule has 2 heteroatoms. The Morgan fingerprint density at radius 2 is 1.22 bits per heavy atom. The van der Waals surface area contributed by atoms with Gasteiger partial charge in [0.15, 0.2) is 5.78 Å². The zero-order valence-corrected chi connectivity index (χ0v) is 17.8. The van der Waals surface area contributed by atoms with Crippen molar-refractivity contribution in [2.24, 2.45) is 0 Å². The van der Waals surface area contributed by atoms with Crippen molar-refractivity contribution in [2.75, 3.05) is 13.1 Å². The van der Waals surface area contributed by atoms with E-state index in [0.717, 1.165) is 18.7 Å². The third-order valence-corrected chi connectivity index (χ3v) is 5.09. The van der Waals surface area contributed by atoms with Crippen molar-refractivity contribution < 1.29 is 4.79 Å². The molecule has 0 aliphatic rings. The van der Waals surface area contributed by atoms with E-state index in [-0.39, 0.29) is 5.78 Å². The van der Waals surface area contributed by atoms with E-state index in [9.17, 15) is 4.79 Å². The summed E-state index contributed by atoms with van der Waals surface area (Å²) in [5.74, 6) is 0.103. The van der Waals surface area contributed by atoms with Crippen molar-refractivity contribution >= 4 is 5.78 Å². The summed E-state index contributed by atoms with van der Waals surface area (Å²) < 4.78 is 0. The van der Waals surface area contributed by atoms with Crippen LogP contribution in [0.3, 0.4) is 0 Å². The van der Waals surface area contributed by atoms with Gasteiger partial charge in [-0.2, -0.15) is 0 Å². The van der Waals surface area contributed by atoms with E-state index >= 15 is 0 Å². The van der Waals surface area contributed by atoms with Gasteiger partial charge in [0.2, 0.25) is 0 Å². The van der Waals surface area contributed by atoms with Gasteiger partial charge in [-0.1, -0.05) is 108 Å². The molecular formula is C25H41NO. The average molecular weight is 372 g/mol. The summed E-state index contributed by atoms with van der Waals surface area (Å²) in [6, 6.07) is 9.57. The summed E-state index contributed by atoms with van der Waals surface area (Å²) in [6.45, 7) is 6.66. The van der Waals surface area contributed by atoms with E-state index < -0.39 is 0 Å². The van der Waals surface area contributed by atoms with Crippen molar-refractivity contribution in [3.05, 3.63) is 48.2 Å². The SMILES string of the molecule is CCCCCCCCN(/C=C\C(=O)c1ccccc1)CCCCCCCC. The number of benzene rings is 1. The Labute approximate surface area is 168 Å². The zero-order valence-electron chi connectivity index (χ0n) is 17.8. The highest BCUT2D eigenvalue weighted by Gasteiger charge is 2.03. The van der Waals surface area contributed by atoms with Crippen molar-refractivity contribution in [2.45, 2.75) is 90.9 Å². The summed E-state index contributed by atoms with van der Waals surface area (Å²) in [6.07, 6.45) is 19.5. The molecule has 0 saturated carbocycles. The number of allylic oxidation sites excluding steroid dienone is 1. The molecule has 0 aliphatic carbocycles. The lowest BCUT2D eigenvalue weighted by Crippen LogP contribution is -2.20. The molecule has 1 aromatic rings. The van der Waals surface area contributed by atoms with Gasteiger partial charge in [-0.15, -0.1) is 0 Å². The number of hydrogen-bond donors (Lipinski definition) is 0. The number of carbonyl (C=O) groups is 1. The monoisotopic (exact) mass is 371 g/mol. The first-order valence-corrected chi connectivity index (χ1v) is 11.3. The lowest BCUT2D eigenvalue weighted by Gasteiger charge is -2.20. The van der Waals surface area contributed by atoms with E-state index in [0.29, 0.717) is 0 Å². The lowest BCUT2D eigenvalue weighted by atomic mass is 10.1. The number of rotatable bonds is 17. The Bertz CT molecular complexity index is 478. The fourth-order valence-corrected chi connectivity index (χ4v) is 3.32. The molecular weight excluding hydrogens is 330 g/mol. The van der Waals surface area contributed by atoms with Gasteiger partial charge in [-0.05, 0) is 12.8 Å². The normalized spacial score (nSPS) is 11.2. The average Bonchev–Trinajstić information content (AvgIpc) is 2.71. The molecule has 152 valence electrons. The highest BCUT2D eigenvalue weighted by atomic mass is 16.1. The van der Waals surface area contributed by atoms with Gasteiger partial charge in [0, 0.05) is 30.9 Å². The molecule has 0 fully saturated rings. The predicted octanol–water partition coefficient (Wildman–Crippen LogP) is 7.41. The van der Waals surface area contributed by atoms with Gasteiger partial charge >= 0.3 is 0 Å². The molecule has 0 heterocycles. The lowest BCUT2D eigenvalue weighted by molar-refractivity contribution is 0.104. The highest BCUT2D eigenvalue weighted by Crippen LogP contribution is 2.10. The molecule has 0 unspecified atom stereocenters. The summed E-state index contributed by atoms with van der Waals surface area (Å²) in [7, 11) is 0. The second-order valence-electron chi connectivity index (χ2n) is 7.62. The number of unbranched alkanes of at least 4 members (excludes halogenated alkanes) is 10. The second kappa shape index (κ2) is 16.6. The van der Waals surface area contributed by atoms with E-state index in [1.165, 1.54) is 77.0 Å². The molecule has 0 atom stereocenters. The summed E-state index contributed by atoms with van der Waals surface area (Å²) in [4.78, 5) is 14.7. The van der Waals surface area contributed by atoms with Crippen molar-refractivity contribution in [3.63, 3.8) is 0 Å². The van der Waals surface area contributed by atoms with E-state index in [4.69, 9.17) is 0 Å². The number of carbonyl (C=O) groups excluding carboxylic acids is 1. The van der Waals surface area contributed by atoms with Crippen LogP contribution >= 0.6 is 0 Å². The van der Waals surface area contributed by atoms with E-state index in [1.54, 1.807) is 6.08 Å². The molecule has 0 N–H and O–H groups in total. The van der Waals surface area contributed by atoms with Gasteiger partial charge in [0.05, 0.1) is 0 Å². The minimum Gasteiger partial charge on any atom is -0.377 e. The van der Waals surface area contributed by atoms with Crippen LogP contribution in [0.1, 0.15) is 101 Å². The molecule has 0 bridgehead atoms. The van der Waals surface area contributed by atoms with Crippen LogP contribution in [0.2, 0.25) is 0 Å². The van der Waals surface area contributed by atoms with Crippen LogP contribution in [0.4, 0.5) is 0 Å². The molecule has 0 saturated heterocycles. The van der Waals surface area contributed by atoms with Gasteiger partial charge in [0.1, 0.15) is 0 Å². The first-order chi connectivity index (χ1) is 13.3. The molecule has 0 amide bonds. The first-order valence-electron chi connectivity index (χ1n) is 11.3. The Hall–Kier alpha value is -1.57. The van der Waals surface area contributed by atoms with Crippen LogP contribution < -0.4 is 0 Å². The minimum absolute atomic E-state index is 0.103. The van der Waals surface area contributed by atoms with Gasteiger partial charge < -0.3 is 4.90 Å². The third kappa shape index (κ3) is 12.4. The summed E-state index contributed by atoms with van der Waals surface area (Å²) in [5, 5.41) is 0. The third-order valence-electron chi connectivity index (χ3n) is 5.09. The summed E-state index contributed by atoms with van der Waals surface area (Å²) >= 11 is 0. The largest absolute Gasteiger partial charge is 0.377 e. The van der Waals surface area contributed by atoms with Crippen LogP contribution in [0.5, 0.6) is 0 Å². The van der Waals surface area contributed by atoms with Gasteiger partial charge in [-0.25, -0.2) is 0 Å². The molecule has 0 radical (unpaired) electrons. The Morgan fingerprint density at radius 3 is 1.74 bits per heavy atom. The van der Waals surface area contributed by atoms with Gasteiger partial charge in [-0.3, -0.25) is 4.79 Å². The minimum atomic E-state index is 0.103. The number of nitrogens with zero attached hydrogens (tertiary/aromatic N) is 1. The second-order valence-corrected chi connectivity index (χ2v) is 7.62. The first kappa shape index (κ1) is 23.5. The molecule has 1 rings (SSSR count). The highest BCUT2D eigenvalue weighted by molar-refractivity contribution is 6.04. The van der Waals surface area contributed by atoms with Gasteiger partial charge in [0.25, 0.3) is 0 Å². The van der Waals surface area contributed by atoms with Crippen LogP contribution in [-0.4, -0.2) is 23.8 Å². The predicted molar refractivity (Wildman–Crippen MR) is 118 cm³/mol. The maximum Gasteiger partial charge on any atom is 0.187 e. The molecule has 27 heavy (non-hydrogen) atoms. The van der Waals surface area contributed by atoms with Crippen LogP contribution in [-0.2, 0) is 0 Å². The maximum atomic E-state index is 12.3. The van der Waals surface area contributed by atoms with Crippen LogP contribution in [0.25, 0.3) is 0 Å². The van der Waals surface area contributed by atoms with E-state index in [2.05, 4.69) is 18.7 Å². The molecule has 0 aromatic heterocycles. The molecule has 1 aromatic carbocycles. The number of ketones is 1. The topological polar surface area (TPSA) is 20.3 Å². The van der Waals surface area contributed by atoms with Crippen molar-refractivity contribution in [1.82, 2.24) is 4.90 Å². The Kier molecular flexibility index (Phi) is 14.4.